The van der Waals surface area contributed by atoms with Crippen LogP contribution in [-0.2, 0) is 4.79 Å². The average Bonchev–Trinajstić information content (AvgIpc) is 3.24. The zero-order valence-electron chi connectivity index (χ0n) is 19.1. The number of benzene rings is 3. The van der Waals surface area contributed by atoms with E-state index in [0.29, 0.717) is 16.7 Å². The van der Waals surface area contributed by atoms with E-state index in [4.69, 9.17) is 4.74 Å². The van der Waals surface area contributed by atoms with E-state index in [1.54, 1.807) is 7.11 Å². The Morgan fingerprint density at radius 2 is 1.70 bits per heavy atom. The fourth-order valence-electron chi connectivity index (χ4n) is 3.48. The van der Waals surface area contributed by atoms with Gasteiger partial charge >= 0.3 is 0 Å². The lowest BCUT2D eigenvalue weighted by Crippen LogP contribution is -2.15. The highest BCUT2D eigenvalue weighted by molar-refractivity contribution is 7.99. The summed E-state index contributed by atoms with van der Waals surface area (Å²) in [6.45, 7) is 6.04. The van der Waals surface area contributed by atoms with Gasteiger partial charge in [-0.1, -0.05) is 53.7 Å². The van der Waals surface area contributed by atoms with Gasteiger partial charge in [0.05, 0.1) is 18.4 Å². The molecule has 0 radical (unpaired) electrons. The van der Waals surface area contributed by atoms with Crippen molar-refractivity contribution in [3.63, 3.8) is 0 Å². The van der Waals surface area contributed by atoms with Crippen LogP contribution in [0.4, 0.5) is 5.69 Å². The number of anilines is 1. The van der Waals surface area contributed by atoms with Crippen molar-refractivity contribution in [2.24, 2.45) is 0 Å². The molecule has 7 heteroatoms. The molecule has 0 aliphatic carbocycles. The number of nitrogens with one attached hydrogen (secondary N) is 1. The minimum Gasteiger partial charge on any atom is -0.496 e. The minimum absolute atomic E-state index is 0.0917. The molecule has 0 unspecified atom stereocenters. The Morgan fingerprint density at radius 3 is 2.45 bits per heavy atom. The number of thioether (sulfide) groups is 1. The Hall–Kier alpha value is -3.58. The smallest absolute Gasteiger partial charge is 0.234 e. The van der Waals surface area contributed by atoms with Gasteiger partial charge in [-0.25, -0.2) is 0 Å². The number of hydrogen-bond donors (Lipinski definition) is 1. The van der Waals surface area contributed by atoms with Crippen LogP contribution in [0.15, 0.2) is 71.9 Å². The second-order valence-electron chi connectivity index (χ2n) is 7.83. The summed E-state index contributed by atoms with van der Waals surface area (Å²) < 4.78 is 7.52. The van der Waals surface area contributed by atoms with Crippen molar-refractivity contribution in [3.8, 4) is 22.8 Å². The highest BCUT2D eigenvalue weighted by Crippen LogP contribution is 2.33. The normalized spacial score (nSPS) is 10.8. The number of nitrogens with zero attached hydrogens (tertiary/aromatic N) is 3. The van der Waals surface area contributed by atoms with Crippen molar-refractivity contribution in [1.82, 2.24) is 14.8 Å². The van der Waals surface area contributed by atoms with Crippen LogP contribution in [-0.4, -0.2) is 33.5 Å². The van der Waals surface area contributed by atoms with E-state index in [9.17, 15) is 4.79 Å². The first-order valence-corrected chi connectivity index (χ1v) is 11.6. The third-order valence-corrected chi connectivity index (χ3v) is 6.20. The van der Waals surface area contributed by atoms with E-state index < -0.39 is 0 Å². The van der Waals surface area contributed by atoms with Crippen LogP contribution < -0.4 is 10.1 Å². The Labute approximate surface area is 198 Å². The summed E-state index contributed by atoms with van der Waals surface area (Å²) in [6, 6.07) is 21.9. The molecule has 33 heavy (non-hydrogen) atoms. The molecule has 0 spiro atoms. The summed E-state index contributed by atoms with van der Waals surface area (Å²) in [5.74, 6) is 1.49. The number of rotatable bonds is 7. The fourth-order valence-corrected chi connectivity index (χ4v) is 4.23. The lowest BCUT2D eigenvalue weighted by atomic mass is 10.1. The van der Waals surface area contributed by atoms with Gasteiger partial charge in [-0.3, -0.25) is 9.36 Å². The monoisotopic (exact) mass is 458 g/mol. The first kappa shape index (κ1) is 22.6. The number of amides is 1. The summed E-state index contributed by atoms with van der Waals surface area (Å²) in [6.07, 6.45) is 0. The number of carbonyl (C=O) groups is 1. The Bertz CT molecular complexity index is 1280. The predicted octanol–water partition coefficient (Wildman–Crippen LogP) is 5.60. The van der Waals surface area contributed by atoms with Crippen molar-refractivity contribution in [2.75, 3.05) is 18.2 Å². The van der Waals surface area contributed by atoms with Crippen molar-refractivity contribution in [2.45, 2.75) is 25.9 Å². The number of hydrogen-bond acceptors (Lipinski definition) is 5. The molecule has 168 valence electrons. The molecule has 0 saturated heterocycles. The second kappa shape index (κ2) is 9.92. The van der Waals surface area contributed by atoms with Crippen LogP contribution >= 0.6 is 11.8 Å². The lowest BCUT2D eigenvalue weighted by Gasteiger charge is -2.13. The van der Waals surface area contributed by atoms with Crippen LogP contribution in [0, 0.1) is 20.8 Å². The standard InChI is InChI=1S/C26H26N4O2S/c1-17-10-13-20(14-11-17)30-25(21-7-5-6-8-23(21)32-4)28-29-26(30)33-16-24(31)27-22-15-18(2)9-12-19(22)3/h5-15H,16H2,1-4H3,(H,27,31). The number of aryl methyl sites for hydroxylation is 3. The molecule has 0 bridgehead atoms. The maximum atomic E-state index is 12.7. The topological polar surface area (TPSA) is 69.0 Å². The maximum Gasteiger partial charge on any atom is 0.234 e. The summed E-state index contributed by atoms with van der Waals surface area (Å²) in [7, 11) is 1.64. The second-order valence-corrected chi connectivity index (χ2v) is 8.78. The molecule has 0 aliphatic rings. The van der Waals surface area contributed by atoms with Gasteiger partial charge in [-0.05, 0) is 62.2 Å². The molecule has 0 fully saturated rings. The molecule has 0 saturated carbocycles. The zero-order valence-corrected chi connectivity index (χ0v) is 19.9. The molecule has 1 N–H and O–H groups in total. The predicted molar refractivity (Wildman–Crippen MR) is 133 cm³/mol. The van der Waals surface area contributed by atoms with E-state index in [1.807, 2.05) is 92.1 Å². The highest BCUT2D eigenvalue weighted by Gasteiger charge is 2.20. The largest absolute Gasteiger partial charge is 0.496 e. The Balaban J connectivity index is 1.64. The number of methoxy groups -OCH3 is 1. The molecular formula is C26H26N4O2S. The molecule has 4 aromatic rings. The van der Waals surface area contributed by atoms with E-state index in [0.717, 1.165) is 33.6 Å². The minimum atomic E-state index is -0.0917. The maximum absolute atomic E-state index is 12.7. The molecule has 0 aliphatic heterocycles. The molecule has 1 amide bonds. The molecule has 4 rings (SSSR count). The van der Waals surface area contributed by atoms with Gasteiger partial charge in [-0.15, -0.1) is 10.2 Å². The summed E-state index contributed by atoms with van der Waals surface area (Å²) >= 11 is 1.35. The molecule has 6 nitrogen and oxygen atoms in total. The van der Waals surface area contributed by atoms with Crippen LogP contribution in [0.5, 0.6) is 5.75 Å². The van der Waals surface area contributed by atoms with Crippen LogP contribution in [0.1, 0.15) is 16.7 Å². The number of aromatic nitrogens is 3. The molecular weight excluding hydrogens is 432 g/mol. The third-order valence-electron chi connectivity index (χ3n) is 5.27. The van der Waals surface area contributed by atoms with Gasteiger partial charge in [-0.2, -0.15) is 0 Å². The molecule has 1 heterocycles. The first-order chi connectivity index (χ1) is 16.0. The van der Waals surface area contributed by atoms with Crippen molar-refractivity contribution in [1.29, 1.82) is 0 Å². The summed E-state index contributed by atoms with van der Waals surface area (Å²) in [5.41, 5.74) is 5.87. The van der Waals surface area contributed by atoms with Gasteiger partial charge in [0.25, 0.3) is 0 Å². The SMILES string of the molecule is COc1ccccc1-c1nnc(SCC(=O)Nc2cc(C)ccc2C)n1-c1ccc(C)cc1. The van der Waals surface area contributed by atoms with Gasteiger partial charge in [0.2, 0.25) is 5.91 Å². The number of ether oxygens (including phenoxy) is 1. The summed E-state index contributed by atoms with van der Waals surface area (Å²) in [5, 5.41) is 12.5. The third kappa shape index (κ3) is 5.09. The molecule has 0 atom stereocenters. The fraction of sp³-hybridized carbons (Fsp3) is 0.192. The summed E-state index contributed by atoms with van der Waals surface area (Å²) in [4.78, 5) is 12.7. The lowest BCUT2D eigenvalue weighted by molar-refractivity contribution is -0.113. The van der Waals surface area contributed by atoms with E-state index in [1.165, 1.54) is 11.8 Å². The number of para-hydroxylation sites is 1. The van der Waals surface area contributed by atoms with Gasteiger partial charge < -0.3 is 10.1 Å². The van der Waals surface area contributed by atoms with Crippen molar-refractivity contribution in [3.05, 3.63) is 83.4 Å². The van der Waals surface area contributed by atoms with Crippen LogP contribution in [0.3, 0.4) is 0 Å². The van der Waals surface area contributed by atoms with Gasteiger partial charge in [0, 0.05) is 11.4 Å². The Kier molecular flexibility index (Phi) is 6.79. The van der Waals surface area contributed by atoms with Crippen LogP contribution in [0.2, 0.25) is 0 Å². The van der Waals surface area contributed by atoms with E-state index in [2.05, 4.69) is 15.5 Å². The van der Waals surface area contributed by atoms with Crippen molar-refractivity contribution >= 4 is 23.4 Å². The molecule has 3 aromatic carbocycles. The first-order valence-electron chi connectivity index (χ1n) is 10.6. The number of carbonyl (C=O) groups excluding carboxylic acids is 1. The molecule has 1 aromatic heterocycles. The Morgan fingerprint density at radius 1 is 0.970 bits per heavy atom. The van der Waals surface area contributed by atoms with Gasteiger partial charge in [0.1, 0.15) is 5.75 Å². The average molecular weight is 459 g/mol. The van der Waals surface area contributed by atoms with E-state index in [-0.39, 0.29) is 11.7 Å². The quantitative estimate of drug-likeness (QED) is 0.365. The van der Waals surface area contributed by atoms with Crippen LogP contribution in [0.25, 0.3) is 17.1 Å². The highest BCUT2D eigenvalue weighted by atomic mass is 32.2. The zero-order chi connectivity index (χ0) is 23.4. The van der Waals surface area contributed by atoms with E-state index >= 15 is 0 Å². The van der Waals surface area contributed by atoms with Gasteiger partial charge in [0.15, 0.2) is 11.0 Å². The van der Waals surface area contributed by atoms with Crippen molar-refractivity contribution < 1.29 is 9.53 Å².